The number of sulfonamides is 1. The molecule has 0 amide bonds. The molecule has 0 N–H and O–H groups in total. The van der Waals surface area contributed by atoms with Crippen LogP contribution < -0.4 is 0 Å². The SMILES string of the molecule is Cc1nc(Cl)sc1S(=O)(=O)N(C)C1CCC(C)(C)CC1. The largest absolute Gasteiger partial charge is 0.254 e. The number of halogens is 1. The van der Waals surface area contributed by atoms with Gasteiger partial charge < -0.3 is 0 Å². The van der Waals surface area contributed by atoms with Gasteiger partial charge in [-0.1, -0.05) is 36.8 Å². The third-order valence-electron chi connectivity index (χ3n) is 4.16. The molecule has 0 bridgehead atoms. The molecule has 0 spiro atoms. The first-order valence-corrected chi connectivity index (χ1v) is 9.38. The van der Waals surface area contributed by atoms with Crippen molar-refractivity contribution in [1.29, 1.82) is 0 Å². The van der Waals surface area contributed by atoms with Crippen molar-refractivity contribution in [3.05, 3.63) is 10.2 Å². The number of aryl methyl sites for hydroxylation is 1. The summed E-state index contributed by atoms with van der Waals surface area (Å²) in [6, 6.07) is 0.0771. The van der Waals surface area contributed by atoms with Crippen LogP contribution in [0.15, 0.2) is 4.21 Å². The molecule has 1 aromatic heterocycles. The molecule has 1 saturated carbocycles. The zero-order chi connectivity index (χ0) is 15.1. The van der Waals surface area contributed by atoms with Crippen molar-refractivity contribution in [2.24, 2.45) is 5.41 Å². The third kappa shape index (κ3) is 3.18. The van der Waals surface area contributed by atoms with Gasteiger partial charge in [-0.2, -0.15) is 4.31 Å². The molecule has 4 nitrogen and oxygen atoms in total. The third-order valence-corrected chi connectivity index (χ3v) is 7.92. The molecule has 0 aromatic carbocycles. The maximum Gasteiger partial charge on any atom is 0.254 e. The molecular weight excluding hydrogens is 316 g/mol. The highest BCUT2D eigenvalue weighted by atomic mass is 35.5. The molecule has 0 aliphatic heterocycles. The van der Waals surface area contributed by atoms with E-state index in [2.05, 4.69) is 18.8 Å². The first-order valence-electron chi connectivity index (χ1n) is 6.74. The van der Waals surface area contributed by atoms with Crippen molar-refractivity contribution in [1.82, 2.24) is 9.29 Å². The molecule has 0 radical (unpaired) electrons. The number of hydrogen-bond donors (Lipinski definition) is 0. The fourth-order valence-corrected chi connectivity index (χ4v) is 5.98. The number of aromatic nitrogens is 1. The molecule has 0 unspecified atom stereocenters. The van der Waals surface area contributed by atoms with Gasteiger partial charge in [0.25, 0.3) is 10.0 Å². The molecule has 0 saturated heterocycles. The lowest BCUT2D eigenvalue weighted by Crippen LogP contribution is -2.40. The highest BCUT2D eigenvalue weighted by Crippen LogP contribution is 2.38. The second kappa shape index (κ2) is 5.55. The average Bonchev–Trinajstić information content (AvgIpc) is 2.68. The summed E-state index contributed by atoms with van der Waals surface area (Å²) in [5.41, 5.74) is 0.813. The van der Waals surface area contributed by atoms with Gasteiger partial charge in [-0.15, -0.1) is 0 Å². The monoisotopic (exact) mass is 336 g/mol. The van der Waals surface area contributed by atoms with Crippen molar-refractivity contribution in [3.8, 4) is 0 Å². The smallest absolute Gasteiger partial charge is 0.229 e. The Balaban J connectivity index is 2.20. The highest BCUT2D eigenvalue weighted by molar-refractivity contribution is 7.91. The highest BCUT2D eigenvalue weighted by Gasteiger charge is 2.35. The molecule has 20 heavy (non-hydrogen) atoms. The second-order valence-corrected chi connectivity index (χ2v) is 10.0. The minimum absolute atomic E-state index is 0.0771. The Labute approximate surface area is 130 Å². The van der Waals surface area contributed by atoms with Crippen LogP contribution in [-0.2, 0) is 10.0 Å². The number of thiazole rings is 1. The second-order valence-electron chi connectivity index (χ2n) is 6.26. The van der Waals surface area contributed by atoms with E-state index >= 15 is 0 Å². The van der Waals surface area contributed by atoms with E-state index in [9.17, 15) is 8.42 Å². The van der Waals surface area contributed by atoms with Crippen molar-refractivity contribution < 1.29 is 8.42 Å². The van der Waals surface area contributed by atoms with E-state index in [4.69, 9.17) is 11.6 Å². The van der Waals surface area contributed by atoms with Gasteiger partial charge in [-0.3, -0.25) is 0 Å². The maximum absolute atomic E-state index is 12.7. The first-order chi connectivity index (χ1) is 9.13. The number of hydrogen-bond acceptors (Lipinski definition) is 4. The fourth-order valence-electron chi connectivity index (χ4n) is 2.66. The molecule has 114 valence electrons. The van der Waals surface area contributed by atoms with E-state index in [-0.39, 0.29) is 14.7 Å². The van der Waals surface area contributed by atoms with E-state index in [1.807, 2.05) is 0 Å². The minimum Gasteiger partial charge on any atom is -0.229 e. The summed E-state index contributed by atoms with van der Waals surface area (Å²) in [6.07, 6.45) is 3.93. The molecule has 1 aliphatic rings. The van der Waals surface area contributed by atoms with E-state index in [0.29, 0.717) is 11.1 Å². The summed E-state index contributed by atoms with van der Waals surface area (Å²) in [4.78, 5) is 4.01. The summed E-state index contributed by atoms with van der Waals surface area (Å²) in [5.74, 6) is 0. The van der Waals surface area contributed by atoms with E-state index in [0.717, 1.165) is 37.0 Å². The average molecular weight is 337 g/mol. The summed E-state index contributed by atoms with van der Waals surface area (Å²) in [6.45, 7) is 6.17. The van der Waals surface area contributed by atoms with Crippen molar-refractivity contribution in [2.75, 3.05) is 7.05 Å². The minimum atomic E-state index is -3.48. The molecular formula is C13H21ClN2O2S2. The van der Waals surface area contributed by atoms with Gasteiger partial charge >= 0.3 is 0 Å². The fraction of sp³-hybridized carbons (Fsp3) is 0.769. The first kappa shape index (κ1) is 16.2. The van der Waals surface area contributed by atoms with Crippen LogP contribution in [0.2, 0.25) is 4.47 Å². The van der Waals surface area contributed by atoms with Gasteiger partial charge in [0.15, 0.2) is 8.68 Å². The summed E-state index contributed by atoms with van der Waals surface area (Å²) in [7, 11) is -1.81. The lowest BCUT2D eigenvalue weighted by Gasteiger charge is -2.37. The lowest BCUT2D eigenvalue weighted by atomic mass is 9.76. The molecule has 1 aliphatic carbocycles. The number of rotatable bonds is 3. The Morgan fingerprint density at radius 2 is 1.90 bits per heavy atom. The normalized spacial score (nSPS) is 20.5. The zero-order valence-corrected chi connectivity index (χ0v) is 14.7. The Morgan fingerprint density at radius 3 is 2.35 bits per heavy atom. The summed E-state index contributed by atoms with van der Waals surface area (Å²) in [5, 5.41) is 0. The molecule has 1 fully saturated rings. The van der Waals surface area contributed by atoms with Gasteiger partial charge in [0.1, 0.15) is 0 Å². The lowest BCUT2D eigenvalue weighted by molar-refractivity contribution is 0.174. The van der Waals surface area contributed by atoms with E-state index in [1.54, 1.807) is 14.0 Å². The van der Waals surface area contributed by atoms with Gasteiger partial charge in [-0.05, 0) is 38.0 Å². The Hall–Kier alpha value is -0.170. The van der Waals surface area contributed by atoms with Crippen LogP contribution in [0, 0.1) is 12.3 Å². The van der Waals surface area contributed by atoms with Crippen LogP contribution in [-0.4, -0.2) is 30.8 Å². The zero-order valence-electron chi connectivity index (χ0n) is 12.3. The maximum atomic E-state index is 12.7. The van der Waals surface area contributed by atoms with Crippen LogP contribution in [0.25, 0.3) is 0 Å². The molecule has 0 atom stereocenters. The predicted molar refractivity (Wildman–Crippen MR) is 82.8 cm³/mol. The van der Waals surface area contributed by atoms with Crippen LogP contribution >= 0.6 is 22.9 Å². The molecule has 1 aromatic rings. The molecule has 7 heteroatoms. The Bertz CT molecular complexity index is 586. The van der Waals surface area contributed by atoms with Gasteiger partial charge in [0, 0.05) is 13.1 Å². The molecule has 2 rings (SSSR count). The predicted octanol–water partition coefficient (Wildman–Crippen LogP) is 3.69. The van der Waals surface area contributed by atoms with Crippen molar-refractivity contribution >= 4 is 33.0 Å². The van der Waals surface area contributed by atoms with Crippen LogP contribution in [0.4, 0.5) is 0 Å². The van der Waals surface area contributed by atoms with Crippen LogP contribution in [0.1, 0.15) is 45.2 Å². The van der Waals surface area contributed by atoms with E-state index < -0.39 is 10.0 Å². The summed E-state index contributed by atoms with van der Waals surface area (Å²) >= 11 is 6.86. The van der Waals surface area contributed by atoms with Crippen molar-refractivity contribution in [3.63, 3.8) is 0 Å². The van der Waals surface area contributed by atoms with E-state index in [1.165, 1.54) is 4.31 Å². The van der Waals surface area contributed by atoms with Crippen LogP contribution in [0.3, 0.4) is 0 Å². The van der Waals surface area contributed by atoms with Crippen molar-refractivity contribution in [2.45, 2.75) is 56.7 Å². The topological polar surface area (TPSA) is 50.3 Å². The van der Waals surface area contributed by atoms with Gasteiger partial charge in [0.2, 0.25) is 0 Å². The standard InChI is InChI=1S/C13H21ClN2O2S2/c1-9-11(19-12(14)15-9)20(17,18)16(4)10-5-7-13(2,3)8-6-10/h10H,5-8H2,1-4H3. The van der Waals surface area contributed by atoms with Gasteiger partial charge in [-0.25, -0.2) is 13.4 Å². The quantitative estimate of drug-likeness (QED) is 0.845. The Morgan fingerprint density at radius 1 is 1.35 bits per heavy atom. The number of nitrogens with zero attached hydrogens (tertiary/aromatic N) is 2. The Kier molecular flexibility index (Phi) is 4.50. The van der Waals surface area contributed by atoms with Crippen LogP contribution in [0.5, 0.6) is 0 Å². The summed E-state index contributed by atoms with van der Waals surface area (Å²) < 4.78 is 27.4. The van der Waals surface area contributed by atoms with Gasteiger partial charge in [0.05, 0.1) is 5.69 Å². The molecule has 1 heterocycles.